The van der Waals surface area contributed by atoms with Crippen molar-refractivity contribution in [3.05, 3.63) is 63.6 Å². The molecule has 0 bridgehead atoms. The summed E-state index contributed by atoms with van der Waals surface area (Å²) in [4.78, 5) is 0. The number of rotatable bonds is 5. The lowest BCUT2D eigenvalue weighted by molar-refractivity contribution is 0.876. The fourth-order valence-electron chi connectivity index (χ4n) is 2.23. The quantitative estimate of drug-likeness (QED) is 0.701. The van der Waals surface area contributed by atoms with Crippen LogP contribution in [0.1, 0.15) is 37.4 Å². The second kappa shape index (κ2) is 7.01. The van der Waals surface area contributed by atoms with Crippen molar-refractivity contribution in [3.8, 4) is 0 Å². The molecule has 0 aliphatic carbocycles. The Kier molecular flexibility index (Phi) is 5.33. The van der Waals surface area contributed by atoms with E-state index < -0.39 is 0 Å². The number of hydrogen-bond donors (Lipinski definition) is 1. The Hall–Kier alpha value is -1.18. The second-order valence-corrected chi connectivity index (χ2v) is 5.89. The van der Waals surface area contributed by atoms with Crippen LogP contribution in [-0.4, -0.2) is 0 Å². The summed E-state index contributed by atoms with van der Waals surface area (Å²) in [5, 5.41) is 4.71. The molecule has 0 spiro atoms. The zero-order valence-corrected chi connectivity index (χ0v) is 13.3. The predicted octanol–water partition coefficient (Wildman–Crippen LogP) is 6.12. The largest absolute Gasteiger partial charge is 0.378 e. The summed E-state index contributed by atoms with van der Waals surface area (Å²) in [6.07, 6.45) is 2.31. The first-order chi connectivity index (χ1) is 9.58. The number of nitrogens with one attached hydrogen (secondary N) is 1. The molecule has 2 rings (SSSR count). The standard InChI is InChI=1S/C17H19Cl2N/c1-3-4-13-5-7-14(8-6-13)12(2)20-17-10-15(18)9-16(19)11-17/h5-12,20H,3-4H2,1-2H3. The third-order valence-corrected chi connectivity index (χ3v) is 3.70. The van der Waals surface area contributed by atoms with Gasteiger partial charge in [0.25, 0.3) is 0 Å². The zero-order valence-electron chi connectivity index (χ0n) is 11.8. The normalized spacial score (nSPS) is 12.2. The summed E-state index contributed by atoms with van der Waals surface area (Å²) < 4.78 is 0. The first-order valence-electron chi connectivity index (χ1n) is 6.90. The highest BCUT2D eigenvalue weighted by Gasteiger charge is 2.06. The molecule has 0 radical (unpaired) electrons. The minimum atomic E-state index is 0.209. The van der Waals surface area contributed by atoms with Gasteiger partial charge in [-0.1, -0.05) is 60.8 Å². The van der Waals surface area contributed by atoms with Crippen molar-refractivity contribution in [1.29, 1.82) is 0 Å². The van der Waals surface area contributed by atoms with Crippen LogP contribution in [0.15, 0.2) is 42.5 Å². The minimum Gasteiger partial charge on any atom is -0.378 e. The lowest BCUT2D eigenvalue weighted by Gasteiger charge is -2.16. The van der Waals surface area contributed by atoms with Crippen LogP contribution < -0.4 is 5.32 Å². The van der Waals surface area contributed by atoms with Crippen LogP contribution in [-0.2, 0) is 6.42 Å². The highest BCUT2D eigenvalue weighted by molar-refractivity contribution is 6.35. The maximum absolute atomic E-state index is 6.01. The van der Waals surface area contributed by atoms with Crippen LogP contribution in [0.5, 0.6) is 0 Å². The molecule has 0 heterocycles. The number of benzene rings is 2. The maximum Gasteiger partial charge on any atom is 0.0485 e. The van der Waals surface area contributed by atoms with Crippen LogP contribution in [0.4, 0.5) is 5.69 Å². The Morgan fingerprint density at radius 3 is 2.15 bits per heavy atom. The number of aryl methyl sites for hydroxylation is 1. The third-order valence-electron chi connectivity index (χ3n) is 3.26. The molecular weight excluding hydrogens is 289 g/mol. The minimum absolute atomic E-state index is 0.209. The molecule has 0 aliphatic heterocycles. The van der Waals surface area contributed by atoms with Gasteiger partial charge in [-0.25, -0.2) is 0 Å². The molecule has 1 nitrogen and oxygen atoms in total. The van der Waals surface area contributed by atoms with E-state index >= 15 is 0 Å². The van der Waals surface area contributed by atoms with Crippen molar-refractivity contribution >= 4 is 28.9 Å². The van der Waals surface area contributed by atoms with Gasteiger partial charge in [0.05, 0.1) is 0 Å². The lowest BCUT2D eigenvalue weighted by atomic mass is 10.0. The third kappa shape index (κ3) is 4.16. The highest BCUT2D eigenvalue weighted by atomic mass is 35.5. The van der Waals surface area contributed by atoms with Crippen LogP contribution in [0, 0.1) is 0 Å². The molecule has 20 heavy (non-hydrogen) atoms. The predicted molar refractivity (Wildman–Crippen MR) is 88.9 cm³/mol. The van der Waals surface area contributed by atoms with Crippen molar-refractivity contribution < 1.29 is 0 Å². The Labute approximate surface area is 130 Å². The van der Waals surface area contributed by atoms with Gasteiger partial charge in [-0.05, 0) is 42.7 Å². The van der Waals surface area contributed by atoms with Crippen molar-refractivity contribution in [2.24, 2.45) is 0 Å². The SMILES string of the molecule is CCCc1ccc(C(C)Nc2cc(Cl)cc(Cl)c2)cc1. The molecule has 0 saturated heterocycles. The van der Waals surface area contributed by atoms with Gasteiger partial charge in [-0.2, -0.15) is 0 Å². The highest BCUT2D eigenvalue weighted by Crippen LogP contribution is 2.26. The zero-order chi connectivity index (χ0) is 14.5. The van der Waals surface area contributed by atoms with Crippen molar-refractivity contribution in [1.82, 2.24) is 0 Å². The molecule has 3 heteroatoms. The first kappa shape index (κ1) is 15.2. The topological polar surface area (TPSA) is 12.0 Å². The van der Waals surface area contributed by atoms with Gasteiger partial charge in [-0.3, -0.25) is 0 Å². The van der Waals surface area contributed by atoms with Gasteiger partial charge in [0.1, 0.15) is 0 Å². The van der Waals surface area contributed by atoms with Gasteiger partial charge < -0.3 is 5.32 Å². The molecule has 0 aromatic heterocycles. The van der Waals surface area contributed by atoms with Crippen LogP contribution >= 0.6 is 23.2 Å². The summed E-state index contributed by atoms with van der Waals surface area (Å²) in [6.45, 7) is 4.32. The molecule has 0 amide bonds. The van der Waals surface area contributed by atoms with E-state index in [1.807, 2.05) is 12.1 Å². The molecule has 2 aromatic carbocycles. The van der Waals surface area contributed by atoms with Crippen LogP contribution in [0.2, 0.25) is 10.0 Å². The van der Waals surface area contributed by atoms with Gasteiger partial charge in [-0.15, -0.1) is 0 Å². The van der Waals surface area contributed by atoms with E-state index in [9.17, 15) is 0 Å². The fraction of sp³-hybridized carbons (Fsp3) is 0.294. The maximum atomic E-state index is 6.01. The lowest BCUT2D eigenvalue weighted by Crippen LogP contribution is -2.06. The molecule has 106 valence electrons. The molecule has 0 fully saturated rings. The first-order valence-corrected chi connectivity index (χ1v) is 7.65. The smallest absolute Gasteiger partial charge is 0.0485 e. The summed E-state index contributed by atoms with van der Waals surface area (Å²) in [5.74, 6) is 0. The fourth-order valence-corrected chi connectivity index (χ4v) is 2.76. The summed E-state index contributed by atoms with van der Waals surface area (Å²) >= 11 is 12.0. The molecule has 0 saturated carbocycles. The molecule has 0 aliphatic rings. The molecular formula is C17H19Cl2N. The Morgan fingerprint density at radius 2 is 1.60 bits per heavy atom. The Balaban J connectivity index is 2.08. The van der Waals surface area contributed by atoms with Crippen LogP contribution in [0.3, 0.4) is 0 Å². The molecule has 1 N–H and O–H groups in total. The van der Waals surface area contributed by atoms with Crippen LogP contribution in [0.25, 0.3) is 0 Å². The summed E-state index contributed by atoms with van der Waals surface area (Å²) in [5.41, 5.74) is 3.57. The number of halogens is 2. The number of anilines is 1. The monoisotopic (exact) mass is 307 g/mol. The van der Waals surface area contributed by atoms with E-state index in [4.69, 9.17) is 23.2 Å². The molecule has 2 aromatic rings. The number of hydrogen-bond acceptors (Lipinski definition) is 1. The molecule has 1 atom stereocenters. The average molecular weight is 308 g/mol. The van der Waals surface area contributed by atoms with E-state index in [0.717, 1.165) is 12.1 Å². The van der Waals surface area contributed by atoms with Crippen molar-refractivity contribution in [3.63, 3.8) is 0 Å². The Bertz CT molecular complexity index is 543. The summed E-state index contributed by atoms with van der Waals surface area (Å²) in [6, 6.07) is 14.5. The van der Waals surface area contributed by atoms with E-state index in [2.05, 4.69) is 43.4 Å². The van der Waals surface area contributed by atoms with E-state index in [-0.39, 0.29) is 6.04 Å². The van der Waals surface area contributed by atoms with E-state index in [1.54, 1.807) is 6.07 Å². The van der Waals surface area contributed by atoms with Gasteiger partial charge in [0.15, 0.2) is 0 Å². The van der Waals surface area contributed by atoms with E-state index in [1.165, 1.54) is 17.5 Å². The average Bonchev–Trinajstić information content (AvgIpc) is 2.38. The molecule has 1 unspecified atom stereocenters. The summed E-state index contributed by atoms with van der Waals surface area (Å²) in [7, 11) is 0. The van der Waals surface area contributed by atoms with Crippen molar-refractivity contribution in [2.75, 3.05) is 5.32 Å². The van der Waals surface area contributed by atoms with Crippen molar-refractivity contribution in [2.45, 2.75) is 32.7 Å². The Morgan fingerprint density at radius 1 is 1.00 bits per heavy atom. The van der Waals surface area contributed by atoms with Gasteiger partial charge >= 0.3 is 0 Å². The van der Waals surface area contributed by atoms with Gasteiger partial charge in [0, 0.05) is 21.8 Å². The van der Waals surface area contributed by atoms with Gasteiger partial charge in [0.2, 0.25) is 0 Å². The van der Waals surface area contributed by atoms with E-state index in [0.29, 0.717) is 10.0 Å². The second-order valence-electron chi connectivity index (χ2n) is 5.02.